The van der Waals surface area contributed by atoms with E-state index in [2.05, 4.69) is 15.5 Å². The van der Waals surface area contributed by atoms with E-state index in [-0.39, 0.29) is 11.9 Å². The summed E-state index contributed by atoms with van der Waals surface area (Å²) in [4.78, 5) is 14.8. The Labute approximate surface area is 153 Å². The minimum Gasteiger partial charge on any atom is -0.366 e. The SMILES string of the molecule is CC(C)Nc1ccc(C(=O)N(Cc2ccccc2)c2ccccc2)nn1. The summed E-state index contributed by atoms with van der Waals surface area (Å²) in [5, 5.41) is 11.4. The molecular formula is C21H22N4O. The summed E-state index contributed by atoms with van der Waals surface area (Å²) in [7, 11) is 0. The second kappa shape index (κ2) is 8.25. The first-order valence-corrected chi connectivity index (χ1v) is 8.64. The van der Waals surface area contributed by atoms with Crippen LogP contribution in [0.25, 0.3) is 0 Å². The highest BCUT2D eigenvalue weighted by Crippen LogP contribution is 2.19. The number of anilines is 2. The molecule has 3 aromatic rings. The van der Waals surface area contributed by atoms with E-state index in [1.54, 1.807) is 17.0 Å². The van der Waals surface area contributed by atoms with Crippen molar-refractivity contribution in [1.82, 2.24) is 10.2 Å². The first-order valence-electron chi connectivity index (χ1n) is 8.64. The van der Waals surface area contributed by atoms with Gasteiger partial charge in [0.1, 0.15) is 5.82 Å². The van der Waals surface area contributed by atoms with E-state index >= 15 is 0 Å². The van der Waals surface area contributed by atoms with Crippen LogP contribution in [0.1, 0.15) is 29.9 Å². The molecule has 0 radical (unpaired) electrons. The monoisotopic (exact) mass is 346 g/mol. The van der Waals surface area contributed by atoms with Crippen molar-refractivity contribution in [1.29, 1.82) is 0 Å². The Kier molecular flexibility index (Phi) is 5.59. The van der Waals surface area contributed by atoms with Gasteiger partial charge in [-0.25, -0.2) is 0 Å². The van der Waals surface area contributed by atoms with Gasteiger partial charge in [0.15, 0.2) is 5.69 Å². The fourth-order valence-corrected chi connectivity index (χ4v) is 2.61. The Balaban J connectivity index is 1.87. The van der Waals surface area contributed by atoms with E-state index in [0.29, 0.717) is 18.1 Å². The summed E-state index contributed by atoms with van der Waals surface area (Å²) in [6.07, 6.45) is 0. The molecule has 5 nitrogen and oxygen atoms in total. The fourth-order valence-electron chi connectivity index (χ4n) is 2.61. The molecule has 0 spiro atoms. The Morgan fingerprint density at radius 2 is 1.58 bits per heavy atom. The number of nitrogens with one attached hydrogen (secondary N) is 1. The summed E-state index contributed by atoms with van der Waals surface area (Å²) in [5.74, 6) is 0.481. The van der Waals surface area contributed by atoms with Gasteiger partial charge < -0.3 is 10.2 Å². The third-order valence-electron chi connectivity index (χ3n) is 3.82. The summed E-state index contributed by atoms with van der Waals surface area (Å²) in [5.41, 5.74) is 2.20. The number of carbonyl (C=O) groups is 1. The second-order valence-corrected chi connectivity index (χ2v) is 6.32. The van der Waals surface area contributed by atoms with E-state index < -0.39 is 0 Å². The molecular weight excluding hydrogens is 324 g/mol. The Morgan fingerprint density at radius 3 is 2.15 bits per heavy atom. The van der Waals surface area contributed by atoms with Gasteiger partial charge in [-0.2, -0.15) is 0 Å². The van der Waals surface area contributed by atoms with Crippen molar-refractivity contribution in [2.45, 2.75) is 26.4 Å². The molecule has 0 aliphatic heterocycles. The molecule has 1 heterocycles. The largest absolute Gasteiger partial charge is 0.366 e. The summed E-state index contributed by atoms with van der Waals surface area (Å²) >= 11 is 0. The normalized spacial score (nSPS) is 10.6. The number of benzene rings is 2. The quantitative estimate of drug-likeness (QED) is 0.729. The third-order valence-corrected chi connectivity index (χ3v) is 3.82. The molecule has 1 aromatic heterocycles. The molecule has 0 fully saturated rings. The van der Waals surface area contributed by atoms with E-state index in [4.69, 9.17) is 0 Å². The number of amides is 1. The molecule has 3 rings (SSSR count). The maximum atomic E-state index is 13.1. The highest BCUT2D eigenvalue weighted by Gasteiger charge is 2.20. The number of hydrogen-bond acceptors (Lipinski definition) is 4. The number of rotatable bonds is 6. The van der Waals surface area contributed by atoms with Crippen molar-refractivity contribution in [3.8, 4) is 0 Å². The van der Waals surface area contributed by atoms with Crippen LogP contribution in [0.15, 0.2) is 72.8 Å². The smallest absolute Gasteiger partial charge is 0.279 e. The Bertz CT molecular complexity index is 833. The summed E-state index contributed by atoms with van der Waals surface area (Å²) in [6, 6.07) is 23.3. The van der Waals surface area contributed by atoms with E-state index in [0.717, 1.165) is 11.3 Å². The zero-order chi connectivity index (χ0) is 18.4. The van der Waals surface area contributed by atoms with Gasteiger partial charge in [-0.3, -0.25) is 4.79 Å². The molecule has 0 aliphatic rings. The second-order valence-electron chi connectivity index (χ2n) is 6.32. The van der Waals surface area contributed by atoms with Crippen LogP contribution in [0.4, 0.5) is 11.5 Å². The van der Waals surface area contributed by atoms with Gasteiger partial charge in [0.05, 0.1) is 6.54 Å². The number of hydrogen-bond donors (Lipinski definition) is 1. The van der Waals surface area contributed by atoms with E-state index in [1.165, 1.54) is 0 Å². The third kappa shape index (κ3) is 4.45. The van der Waals surface area contributed by atoms with Gasteiger partial charge in [0.2, 0.25) is 0 Å². The molecule has 5 heteroatoms. The fraction of sp³-hybridized carbons (Fsp3) is 0.190. The van der Waals surface area contributed by atoms with Crippen LogP contribution in [0, 0.1) is 0 Å². The van der Waals surface area contributed by atoms with Crippen LogP contribution in [-0.2, 0) is 6.54 Å². The minimum atomic E-state index is -0.177. The number of aromatic nitrogens is 2. The lowest BCUT2D eigenvalue weighted by Gasteiger charge is -2.22. The molecule has 0 saturated carbocycles. The Hall–Kier alpha value is -3.21. The number of para-hydroxylation sites is 1. The van der Waals surface area contributed by atoms with Gasteiger partial charge in [-0.05, 0) is 43.7 Å². The van der Waals surface area contributed by atoms with Crippen molar-refractivity contribution < 1.29 is 4.79 Å². The first-order chi connectivity index (χ1) is 12.6. The Morgan fingerprint density at radius 1 is 0.923 bits per heavy atom. The van der Waals surface area contributed by atoms with Crippen LogP contribution >= 0.6 is 0 Å². The maximum Gasteiger partial charge on any atom is 0.279 e. The van der Waals surface area contributed by atoms with Crippen molar-refractivity contribution in [2.75, 3.05) is 10.2 Å². The van der Waals surface area contributed by atoms with E-state index in [1.807, 2.05) is 74.5 Å². The van der Waals surface area contributed by atoms with Crippen LogP contribution in [0.5, 0.6) is 0 Å². The van der Waals surface area contributed by atoms with E-state index in [9.17, 15) is 4.79 Å². The van der Waals surface area contributed by atoms with Crippen LogP contribution < -0.4 is 10.2 Å². The predicted octanol–water partition coefficient (Wildman–Crippen LogP) is 4.14. The lowest BCUT2D eigenvalue weighted by atomic mass is 10.2. The standard InChI is InChI=1S/C21H22N4O/c1-16(2)22-20-14-13-19(23-24-20)21(26)25(18-11-7-4-8-12-18)15-17-9-5-3-6-10-17/h3-14,16H,15H2,1-2H3,(H,22,24). The molecule has 0 bridgehead atoms. The summed E-state index contributed by atoms with van der Waals surface area (Å²) in [6.45, 7) is 4.52. The molecule has 1 amide bonds. The van der Waals surface area contributed by atoms with Crippen LogP contribution in [-0.4, -0.2) is 22.1 Å². The van der Waals surface area contributed by atoms with Crippen LogP contribution in [0.2, 0.25) is 0 Å². The van der Waals surface area contributed by atoms with Crippen molar-refractivity contribution >= 4 is 17.4 Å². The van der Waals surface area contributed by atoms with Gasteiger partial charge in [-0.15, -0.1) is 10.2 Å². The molecule has 0 unspecified atom stereocenters. The number of carbonyl (C=O) groups excluding carboxylic acids is 1. The zero-order valence-electron chi connectivity index (χ0n) is 15.0. The maximum absolute atomic E-state index is 13.1. The molecule has 2 aromatic carbocycles. The lowest BCUT2D eigenvalue weighted by molar-refractivity contribution is 0.0979. The van der Waals surface area contributed by atoms with Crippen molar-refractivity contribution in [3.63, 3.8) is 0 Å². The number of nitrogens with zero attached hydrogens (tertiary/aromatic N) is 3. The average Bonchev–Trinajstić information content (AvgIpc) is 2.67. The van der Waals surface area contributed by atoms with Gasteiger partial charge in [-0.1, -0.05) is 48.5 Å². The van der Waals surface area contributed by atoms with Crippen LogP contribution in [0.3, 0.4) is 0 Å². The summed E-state index contributed by atoms with van der Waals surface area (Å²) < 4.78 is 0. The van der Waals surface area contributed by atoms with Crippen molar-refractivity contribution in [3.05, 3.63) is 84.1 Å². The topological polar surface area (TPSA) is 58.1 Å². The van der Waals surface area contributed by atoms with Gasteiger partial charge in [0.25, 0.3) is 5.91 Å². The minimum absolute atomic E-state index is 0.177. The lowest BCUT2D eigenvalue weighted by Crippen LogP contribution is -2.31. The molecule has 1 N–H and O–H groups in total. The molecule has 0 saturated heterocycles. The average molecular weight is 346 g/mol. The molecule has 26 heavy (non-hydrogen) atoms. The van der Waals surface area contributed by atoms with Gasteiger partial charge >= 0.3 is 0 Å². The predicted molar refractivity (Wildman–Crippen MR) is 104 cm³/mol. The molecule has 0 atom stereocenters. The molecule has 0 aliphatic carbocycles. The molecule has 132 valence electrons. The van der Waals surface area contributed by atoms with Crippen molar-refractivity contribution in [2.24, 2.45) is 0 Å². The van der Waals surface area contributed by atoms with Gasteiger partial charge in [0, 0.05) is 11.7 Å². The highest BCUT2D eigenvalue weighted by atomic mass is 16.2. The first kappa shape index (κ1) is 17.6. The zero-order valence-corrected chi connectivity index (χ0v) is 15.0. The highest BCUT2D eigenvalue weighted by molar-refractivity contribution is 6.04.